The summed E-state index contributed by atoms with van der Waals surface area (Å²) in [6.07, 6.45) is 4.33. The van der Waals surface area contributed by atoms with Crippen molar-refractivity contribution in [3.8, 4) is 16.9 Å². The summed E-state index contributed by atoms with van der Waals surface area (Å²) in [6.45, 7) is 1.96. The molecule has 0 aromatic heterocycles. The monoisotopic (exact) mass is 672 g/mol. The third-order valence-corrected chi connectivity index (χ3v) is 10.7. The van der Waals surface area contributed by atoms with Gasteiger partial charge < -0.3 is 24.3 Å². The molecule has 3 aromatic rings. The molecule has 1 fully saturated rings. The first-order chi connectivity index (χ1) is 18.8. The highest BCUT2D eigenvalue weighted by Crippen LogP contribution is 2.54. The zero-order valence-corrected chi connectivity index (χ0v) is 26.0. The molecule has 4 N–H and O–H groups in total. The van der Waals surface area contributed by atoms with E-state index >= 15 is 0 Å². The van der Waals surface area contributed by atoms with Crippen LogP contribution < -0.4 is 10.0 Å². The second kappa shape index (κ2) is 13.2. The average molecular weight is 673 g/mol. The quantitative estimate of drug-likeness (QED) is 0.155. The van der Waals surface area contributed by atoms with Crippen LogP contribution in [0.4, 0.5) is 4.39 Å². The molecule has 0 spiro atoms. The maximum absolute atomic E-state index is 14.0. The maximum atomic E-state index is 14.0. The van der Waals surface area contributed by atoms with Crippen molar-refractivity contribution < 1.29 is 37.8 Å². The molecule has 0 bridgehead atoms. The smallest absolute Gasteiger partial charge is 0.364 e. The normalized spacial score (nSPS) is 16.2. The Morgan fingerprint density at radius 3 is 2.12 bits per heavy atom. The lowest BCUT2D eigenvalue weighted by atomic mass is 10.0. The fourth-order valence-electron chi connectivity index (χ4n) is 4.86. The summed E-state index contributed by atoms with van der Waals surface area (Å²) < 4.78 is 43.9. The minimum absolute atomic E-state index is 0.0810. The summed E-state index contributed by atoms with van der Waals surface area (Å²) in [4.78, 5) is 38.2. The summed E-state index contributed by atoms with van der Waals surface area (Å²) >= 11 is 4.83. The fraction of sp³-hybridized carbons (Fsp3) is 0.357. The number of hydrogen-bond acceptors (Lipinski definition) is 4. The van der Waals surface area contributed by atoms with E-state index in [0.717, 1.165) is 42.4 Å². The molecular formula is C28H32BrFO7P2S. The lowest BCUT2D eigenvalue weighted by molar-refractivity contribution is 0.155. The van der Waals surface area contributed by atoms with Crippen molar-refractivity contribution in [1.82, 2.24) is 0 Å². The van der Waals surface area contributed by atoms with E-state index in [0.29, 0.717) is 27.5 Å². The topological polar surface area (TPSA) is 124 Å². The van der Waals surface area contributed by atoms with Gasteiger partial charge in [0.05, 0.1) is 6.10 Å². The van der Waals surface area contributed by atoms with Gasteiger partial charge in [0.2, 0.25) is 5.91 Å². The van der Waals surface area contributed by atoms with Crippen molar-refractivity contribution in [2.75, 3.05) is 0 Å². The van der Waals surface area contributed by atoms with E-state index in [1.54, 1.807) is 30.0 Å². The first kappa shape index (κ1) is 31.5. The van der Waals surface area contributed by atoms with Gasteiger partial charge >= 0.3 is 15.2 Å². The maximum Gasteiger partial charge on any atom is 0.364 e. The van der Waals surface area contributed by atoms with E-state index in [1.165, 1.54) is 12.1 Å². The molecule has 0 saturated heterocycles. The zero-order chi connectivity index (χ0) is 29.1. The molecule has 12 heteroatoms. The van der Waals surface area contributed by atoms with Crippen LogP contribution in [0.1, 0.15) is 55.2 Å². The first-order valence-electron chi connectivity index (χ1n) is 12.8. The van der Waals surface area contributed by atoms with Gasteiger partial charge in [0.15, 0.2) is 0 Å². The summed E-state index contributed by atoms with van der Waals surface area (Å²) in [7, 11) is -9.44. The summed E-state index contributed by atoms with van der Waals surface area (Å²) in [5, 5.41) is -0.105. The molecule has 0 amide bonds. The van der Waals surface area contributed by atoms with Crippen LogP contribution in [-0.4, -0.2) is 25.7 Å². The lowest BCUT2D eigenvalue weighted by Gasteiger charge is -2.23. The summed E-state index contributed by atoms with van der Waals surface area (Å²) in [5.74, 6) is -0.448. The SMILES string of the molecule is CC(Oc1ccc(-c2ccc(CSCc3ccc(C(F)P(=O)(O)O)c(Br)c3)cc2)cc1P(=O)(O)O)C1CCCC1. The molecule has 0 radical (unpaired) electrons. The van der Waals surface area contributed by atoms with E-state index in [9.17, 15) is 23.3 Å². The van der Waals surface area contributed by atoms with Crippen LogP contribution in [0.5, 0.6) is 5.75 Å². The Balaban J connectivity index is 1.40. The van der Waals surface area contributed by atoms with Crippen molar-refractivity contribution in [2.24, 2.45) is 5.92 Å². The second-order valence-electron chi connectivity index (χ2n) is 10.1. The van der Waals surface area contributed by atoms with E-state index in [-0.39, 0.29) is 22.7 Å². The minimum Gasteiger partial charge on any atom is -0.489 e. The highest BCUT2D eigenvalue weighted by Gasteiger charge is 2.32. The fourth-order valence-corrected chi connectivity index (χ4v) is 7.92. The van der Waals surface area contributed by atoms with Crippen LogP contribution in [-0.2, 0) is 20.6 Å². The van der Waals surface area contributed by atoms with Gasteiger partial charge in [-0.3, -0.25) is 9.13 Å². The van der Waals surface area contributed by atoms with E-state index < -0.39 is 21.1 Å². The van der Waals surface area contributed by atoms with Crippen LogP contribution >= 0.6 is 42.9 Å². The third-order valence-electron chi connectivity index (χ3n) is 7.09. The molecule has 216 valence electrons. The van der Waals surface area contributed by atoms with E-state index in [4.69, 9.17) is 14.5 Å². The number of thioether (sulfide) groups is 1. The van der Waals surface area contributed by atoms with Gasteiger partial charge in [-0.1, -0.05) is 71.2 Å². The van der Waals surface area contributed by atoms with Crippen molar-refractivity contribution in [2.45, 2.75) is 56.1 Å². The van der Waals surface area contributed by atoms with Crippen molar-refractivity contribution >= 4 is 48.2 Å². The standard InChI is InChI=1S/C28H32BrFO7P2S/c1-18(21-4-2-3-5-21)37-26-13-11-23(15-27(26)38(31,32)33)22-9-6-19(7-10-22)16-40-17-20-8-12-24(25(29)14-20)28(30)39(34,35)36/h6-15,18,21,28H,2-5,16-17H2,1H3,(H2,31,32,33)(H2,34,35,36). The van der Waals surface area contributed by atoms with Crippen LogP contribution in [0.15, 0.2) is 65.1 Å². The van der Waals surface area contributed by atoms with Gasteiger partial charge in [-0.2, -0.15) is 11.8 Å². The molecule has 2 atom stereocenters. The van der Waals surface area contributed by atoms with Gasteiger partial charge in [-0.25, -0.2) is 4.39 Å². The Morgan fingerprint density at radius 1 is 0.925 bits per heavy atom. The third kappa shape index (κ3) is 8.08. The van der Waals surface area contributed by atoms with Gasteiger partial charge in [-0.15, -0.1) is 0 Å². The van der Waals surface area contributed by atoms with E-state index in [2.05, 4.69) is 15.9 Å². The Kier molecular flexibility index (Phi) is 10.4. The highest BCUT2D eigenvalue weighted by molar-refractivity contribution is 9.10. The van der Waals surface area contributed by atoms with Gasteiger partial charge in [0.1, 0.15) is 11.1 Å². The number of benzene rings is 3. The first-order valence-corrected chi connectivity index (χ1v) is 18.1. The molecule has 1 aliphatic rings. The molecule has 4 rings (SSSR count). The van der Waals surface area contributed by atoms with Crippen molar-refractivity contribution in [1.29, 1.82) is 0 Å². The van der Waals surface area contributed by atoms with Gasteiger partial charge in [0.25, 0.3) is 0 Å². The molecule has 1 aliphatic carbocycles. The molecule has 40 heavy (non-hydrogen) atoms. The Morgan fingerprint density at radius 2 is 1.52 bits per heavy atom. The number of hydrogen-bond donors (Lipinski definition) is 4. The highest BCUT2D eigenvalue weighted by atomic mass is 79.9. The molecule has 7 nitrogen and oxygen atoms in total. The van der Waals surface area contributed by atoms with Crippen LogP contribution in [0.3, 0.4) is 0 Å². The zero-order valence-electron chi connectivity index (χ0n) is 21.8. The van der Waals surface area contributed by atoms with Crippen molar-refractivity contribution in [3.63, 3.8) is 0 Å². The van der Waals surface area contributed by atoms with Crippen LogP contribution in [0.25, 0.3) is 11.1 Å². The average Bonchev–Trinajstić information content (AvgIpc) is 3.43. The lowest BCUT2D eigenvalue weighted by Crippen LogP contribution is -2.24. The Hall–Kier alpha value is -1.48. The van der Waals surface area contributed by atoms with Crippen LogP contribution in [0.2, 0.25) is 0 Å². The number of halogens is 2. The minimum atomic E-state index is -4.88. The molecule has 3 aromatic carbocycles. The molecular weight excluding hydrogens is 641 g/mol. The number of rotatable bonds is 11. The summed E-state index contributed by atoms with van der Waals surface area (Å²) in [6, 6.07) is 17.4. The van der Waals surface area contributed by atoms with Gasteiger partial charge in [0, 0.05) is 21.5 Å². The molecule has 1 saturated carbocycles. The Bertz CT molecular complexity index is 1420. The molecule has 0 aliphatic heterocycles. The van der Waals surface area contributed by atoms with Crippen molar-refractivity contribution in [3.05, 3.63) is 81.8 Å². The van der Waals surface area contributed by atoms with Crippen LogP contribution in [0, 0.1) is 5.92 Å². The molecule has 0 heterocycles. The number of alkyl halides is 1. The predicted octanol–water partition coefficient (Wildman–Crippen LogP) is 7.46. The summed E-state index contributed by atoms with van der Waals surface area (Å²) in [5.41, 5.74) is 3.36. The largest absolute Gasteiger partial charge is 0.489 e. The number of ether oxygens (including phenoxy) is 1. The molecule has 2 unspecified atom stereocenters. The van der Waals surface area contributed by atoms with Gasteiger partial charge in [-0.05, 0) is 66.1 Å². The second-order valence-corrected chi connectivity index (χ2v) is 15.1. The van der Waals surface area contributed by atoms with E-state index in [1.807, 2.05) is 37.3 Å². The predicted molar refractivity (Wildman–Crippen MR) is 161 cm³/mol. The Labute approximate surface area is 246 Å².